The van der Waals surface area contributed by atoms with Crippen molar-refractivity contribution in [3.63, 3.8) is 0 Å². The van der Waals surface area contributed by atoms with Crippen LogP contribution in [0.1, 0.15) is 21.6 Å². The van der Waals surface area contributed by atoms with E-state index in [1.807, 2.05) is 32.0 Å². The summed E-state index contributed by atoms with van der Waals surface area (Å²) in [6.07, 6.45) is 4.41. The molecule has 1 aromatic heterocycles. The summed E-state index contributed by atoms with van der Waals surface area (Å²) >= 11 is 1.55. The third-order valence-corrected chi connectivity index (χ3v) is 5.01. The third kappa shape index (κ3) is 3.41. The number of anilines is 1. The predicted molar refractivity (Wildman–Crippen MR) is 93.9 cm³/mol. The molecular formula is C17H18N4O2S. The summed E-state index contributed by atoms with van der Waals surface area (Å²) < 4.78 is 0. The smallest absolute Gasteiger partial charge is 0.275 e. The van der Waals surface area contributed by atoms with Gasteiger partial charge in [-0.3, -0.25) is 14.6 Å². The topological polar surface area (TPSA) is 75.2 Å². The minimum absolute atomic E-state index is 0.180. The van der Waals surface area contributed by atoms with Crippen molar-refractivity contribution in [1.29, 1.82) is 0 Å². The zero-order valence-corrected chi connectivity index (χ0v) is 14.3. The number of aromatic nitrogens is 2. The van der Waals surface area contributed by atoms with E-state index < -0.39 is 6.04 Å². The third-order valence-electron chi connectivity index (χ3n) is 4.00. The highest BCUT2D eigenvalue weighted by Gasteiger charge is 2.35. The monoisotopic (exact) mass is 342 g/mol. The van der Waals surface area contributed by atoms with Gasteiger partial charge in [0, 0.05) is 23.8 Å². The number of hydrogen-bond donors (Lipinski definition) is 1. The van der Waals surface area contributed by atoms with Crippen molar-refractivity contribution in [2.24, 2.45) is 0 Å². The lowest BCUT2D eigenvalue weighted by atomic mass is 10.1. The van der Waals surface area contributed by atoms with Crippen molar-refractivity contribution >= 4 is 29.3 Å². The summed E-state index contributed by atoms with van der Waals surface area (Å²) in [4.78, 5) is 34.6. The number of benzene rings is 1. The van der Waals surface area contributed by atoms with E-state index in [1.165, 1.54) is 24.2 Å². The molecule has 1 aliphatic rings. The Hall–Kier alpha value is -2.41. The molecule has 0 spiro atoms. The van der Waals surface area contributed by atoms with Gasteiger partial charge in [0.2, 0.25) is 5.91 Å². The molecule has 2 heterocycles. The molecule has 1 aromatic carbocycles. The van der Waals surface area contributed by atoms with Gasteiger partial charge in [0.25, 0.3) is 5.91 Å². The first kappa shape index (κ1) is 16.4. The first-order valence-corrected chi connectivity index (χ1v) is 8.74. The predicted octanol–water partition coefficient (Wildman–Crippen LogP) is 2.25. The van der Waals surface area contributed by atoms with E-state index in [1.54, 1.807) is 16.7 Å². The second-order valence-electron chi connectivity index (χ2n) is 5.67. The van der Waals surface area contributed by atoms with E-state index in [9.17, 15) is 9.59 Å². The Morgan fingerprint density at radius 1 is 1.25 bits per heavy atom. The number of rotatable bonds is 3. The molecule has 7 heteroatoms. The molecule has 1 N–H and O–H groups in total. The Labute approximate surface area is 144 Å². The molecule has 0 radical (unpaired) electrons. The molecule has 3 rings (SSSR count). The first-order chi connectivity index (χ1) is 11.6. The van der Waals surface area contributed by atoms with Crippen molar-refractivity contribution in [2.75, 3.05) is 16.9 Å². The fraction of sp³-hybridized carbons (Fsp3) is 0.294. The Bertz CT molecular complexity index is 766. The van der Waals surface area contributed by atoms with Crippen LogP contribution in [0.3, 0.4) is 0 Å². The highest BCUT2D eigenvalue weighted by molar-refractivity contribution is 7.99. The highest BCUT2D eigenvalue weighted by atomic mass is 32.2. The lowest BCUT2D eigenvalue weighted by molar-refractivity contribution is -0.119. The number of nitrogens with zero attached hydrogens (tertiary/aromatic N) is 3. The summed E-state index contributed by atoms with van der Waals surface area (Å²) in [5.41, 5.74) is 3.28. The highest BCUT2D eigenvalue weighted by Crippen LogP contribution is 2.24. The Kier molecular flexibility index (Phi) is 4.80. The van der Waals surface area contributed by atoms with Gasteiger partial charge in [-0.1, -0.05) is 6.07 Å². The molecule has 1 unspecified atom stereocenters. The number of amides is 2. The van der Waals surface area contributed by atoms with Crippen molar-refractivity contribution in [2.45, 2.75) is 19.9 Å². The van der Waals surface area contributed by atoms with E-state index in [0.29, 0.717) is 11.6 Å². The molecule has 1 fully saturated rings. The summed E-state index contributed by atoms with van der Waals surface area (Å²) in [7, 11) is 0. The summed E-state index contributed by atoms with van der Waals surface area (Å²) in [5, 5.41) is 2.91. The molecule has 1 atom stereocenters. The lowest BCUT2D eigenvalue weighted by Crippen LogP contribution is -2.44. The van der Waals surface area contributed by atoms with Gasteiger partial charge in [-0.05, 0) is 37.1 Å². The van der Waals surface area contributed by atoms with Gasteiger partial charge in [-0.15, -0.1) is 11.8 Å². The molecule has 0 saturated carbocycles. The molecule has 1 aliphatic heterocycles. The molecule has 24 heavy (non-hydrogen) atoms. The van der Waals surface area contributed by atoms with Crippen LogP contribution in [0.15, 0.2) is 36.8 Å². The van der Waals surface area contributed by atoms with Gasteiger partial charge < -0.3 is 10.2 Å². The maximum Gasteiger partial charge on any atom is 0.275 e. The molecule has 124 valence electrons. The summed E-state index contributed by atoms with van der Waals surface area (Å²) in [6, 6.07) is 5.27. The first-order valence-electron chi connectivity index (χ1n) is 7.59. The Morgan fingerprint density at radius 2 is 2.08 bits per heavy atom. The van der Waals surface area contributed by atoms with E-state index >= 15 is 0 Å². The van der Waals surface area contributed by atoms with Crippen LogP contribution in [-0.4, -0.2) is 44.4 Å². The number of nitrogens with one attached hydrogen (secondary N) is 1. The fourth-order valence-corrected chi connectivity index (χ4v) is 3.62. The largest absolute Gasteiger partial charge is 0.324 e. The van der Waals surface area contributed by atoms with Crippen LogP contribution in [0.25, 0.3) is 0 Å². The van der Waals surface area contributed by atoms with E-state index in [4.69, 9.17) is 0 Å². The maximum atomic E-state index is 12.6. The molecule has 1 saturated heterocycles. The number of carbonyl (C=O) groups excluding carboxylic acids is 2. The number of aryl methyl sites for hydroxylation is 2. The molecule has 2 aromatic rings. The zero-order valence-electron chi connectivity index (χ0n) is 13.5. The Morgan fingerprint density at radius 3 is 2.79 bits per heavy atom. The second-order valence-corrected chi connectivity index (χ2v) is 6.67. The van der Waals surface area contributed by atoms with Crippen molar-refractivity contribution in [3.05, 3.63) is 53.6 Å². The van der Waals surface area contributed by atoms with Crippen LogP contribution in [0, 0.1) is 13.8 Å². The van der Waals surface area contributed by atoms with Crippen LogP contribution >= 0.6 is 11.8 Å². The van der Waals surface area contributed by atoms with Gasteiger partial charge in [-0.2, -0.15) is 0 Å². The van der Waals surface area contributed by atoms with Crippen molar-refractivity contribution < 1.29 is 9.59 Å². The fourth-order valence-electron chi connectivity index (χ4n) is 2.46. The van der Waals surface area contributed by atoms with Crippen LogP contribution in [-0.2, 0) is 4.79 Å². The number of carbonyl (C=O) groups is 2. The quantitative estimate of drug-likeness (QED) is 0.926. The molecule has 6 nitrogen and oxygen atoms in total. The summed E-state index contributed by atoms with van der Waals surface area (Å²) in [6.45, 7) is 4.02. The average molecular weight is 342 g/mol. The van der Waals surface area contributed by atoms with Crippen molar-refractivity contribution in [3.8, 4) is 0 Å². The normalized spacial score (nSPS) is 16.9. The lowest BCUT2D eigenvalue weighted by Gasteiger charge is -2.22. The Balaban J connectivity index is 1.74. The van der Waals surface area contributed by atoms with Gasteiger partial charge in [-0.25, -0.2) is 4.98 Å². The van der Waals surface area contributed by atoms with Crippen LogP contribution in [0.2, 0.25) is 0 Å². The SMILES string of the molecule is Cc1ccc(NC(=O)C2CSCN2C(=O)c2cnccn2)cc1C. The van der Waals surface area contributed by atoms with E-state index in [2.05, 4.69) is 15.3 Å². The summed E-state index contributed by atoms with van der Waals surface area (Å²) in [5.74, 6) is 0.595. The molecular weight excluding hydrogens is 324 g/mol. The number of hydrogen-bond acceptors (Lipinski definition) is 5. The van der Waals surface area contributed by atoms with Gasteiger partial charge in [0.15, 0.2) is 0 Å². The molecule has 0 aliphatic carbocycles. The molecule has 2 amide bonds. The van der Waals surface area contributed by atoms with Crippen molar-refractivity contribution in [1.82, 2.24) is 14.9 Å². The van der Waals surface area contributed by atoms with Crippen LogP contribution in [0.4, 0.5) is 5.69 Å². The maximum absolute atomic E-state index is 12.6. The standard InChI is InChI=1S/C17H18N4O2S/c1-11-3-4-13(7-12(11)2)20-16(22)15-9-24-10-21(15)17(23)14-8-18-5-6-19-14/h3-8,15H,9-10H2,1-2H3,(H,20,22). The minimum Gasteiger partial charge on any atom is -0.324 e. The second kappa shape index (κ2) is 7.00. The van der Waals surface area contributed by atoms with Gasteiger partial charge >= 0.3 is 0 Å². The van der Waals surface area contributed by atoms with Crippen LogP contribution in [0.5, 0.6) is 0 Å². The van der Waals surface area contributed by atoms with Gasteiger partial charge in [0.1, 0.15) is 11.7 Å². The minimum atomic E-state index is -0.508. The zero-order chi connectivity index (χ0) is 17.1. The van der Waals surface area contributed by atoms with E-state index in [0.717, 1.165) is 11.3 Å². The van der Waals surface area contributed by atoms with Gasteiger partial charge in [0.05, 0.1) is 12.1 Å². The molecule has 0 bridgehead atoms. The average Bonchev–Trinajstić information content (AvgIpc) is 3.08. The van der Waals surface area contributed by atoms with E-state index in [-0.39, 0.29) is 17.5 Å². The number of thioether (sulfide) groups is 1. The van der Waals surface area contributed by atoms with Crippen LogP contribution < -0.4 is 5.32 Å².